The first-order valence-corrected chi connectivity index (χ1v) is 7.63. The maximum Gasteiger partial charge on any atom is 0.0396 e. The van der Waals surface area contributed by atoms with Crippen LogP contribution in [0.5, 0.6) is 0 Å². The molecule has 18 heavy (non-hydrogen) atoms. The molecule has 1 aromatic rings. The lowest BCUT2D eigenvalue weighted by Gasteiger charge is -2.39. The van der Waals surface area contributed by atoms with E-state index in [-0.39, 0.29) is 0 Å². The van der Waals surface area contributed by atoms with E-state index in [1.54, 1.807) is 0 Å². The molecule has 1 aliphatic rings. The number of aryl methyl sites for hydroxylation is 1. The molecule has 1 saturated heterocycles. The third kappa shape index (κ3) is 3.21. The maximum absolute atomic E-state index is 3.21. The topological polar surface area (TPSA) is 15.3 Å². The first-order valence-electron chi connectivity index (χ1n) is 6.65. The van der Waals surface area contributed by atoms with Crippen molar-refractivity contribution < 1.29 is 0 Å². The largest absolute Gasteiger partial charge is 0.369 e. The van der Waals surface area contributed by atoms with Gasteiger partial charge >= 0.3 is 0 Å². The average Bonchev–Trinajstić information content (AvgIpc) is 2.28. The van der Waals surface area contributed by atoms with Gasteiger partial charge < -0.3 is 10.2 Å². The van der Waals surface area contributed by atoms with Gasteiger partial charge in [0.2, 0.25) is 0 Å². The summed E-state index contributed by atoms with van der Waals surface area (Å²) in [5, 5.41) is 3.21. The zero-order chi connectivity index (χ0) is 13.2. The van der Waals surface area contributed by atoms with Crippen LogP contribution in [0.4, 0.5) is 5.69 Å². The van der Waals surface area contributed by atoms with Crippen LogP contribution < -0.4 is 10.2 Å². The lowest BCUT2D eigenvalue weighted by molar-refractivity contribution is 0.646. The van der Waals surface area contributed by atoms with E-state index >= 15 is 0 Å². The van der Waals surface area contributed by atoms with Crippen LogP contribution in [0.25, 0.3) is 0 Å². The van der Waals surface area contributed by atoms with Crippen molar-refractivity contribution in [3.63, 3.8) is 0 Å². The maximum atomic E-state index is 3.21. The number of benzene rings is 1. The van der Waals surface area contributed by atoms with Crippen molar-refractivity contribution in [3.8, 4) is 0 Å². The fourth-order valence-corrected chi connectivity index (χ4v) is 3.72. The number of hydrogen-bond acceptors (Lipinski definition) is 3. The van der Waals surface area contributed by atoms with Crippen molar-refractivity contribution >= 4 is 17.4 Å². The van der Waals surface area contributed by atoms with E-state index in [1.807, 2.05) is 7.05 Å². The monoisotopic (exact) mass is 264 g/mol. The molecule has 1 fully saturated rings. The first-order chi connectivity index (χ1) is 8.52. The average molecular weight is 264 g/mol. The predicted octanol–water partition coefficient (Wildman–Crippen LogP) is 3.05. The van der Waals surface area contributed by atoms with Gasteiger partial charge in [0, 0.05) is 35.8 Å². The van der Waals surface area contributed by atoms with Gasteiger partial charge in [0.15, 0.2) is 0 Å². The molecule has 0 bridgehead atoms. The van der Waals surface area contributed by atoms with E-state index in [0.29, 0.717) is 4.75 Å². The van der Waals surface area contributed by atoms with Gasteiger partial charge in [-0.3, -0.25) is 0 Å². The molecule has 0 spiro atoms. The molecule has 0 aliphatic carbocycles. The SMILES string of the molecule is CNCc1ccc(N2CCSC(C)(C)C2)c(C)c1. The van der Waals surface area contributed by atoms with Crippen molar-refractivity contribution in [1.82, 2.24) is 5.32 Å². The fraction of sp³-hybridized carbons (Fsp3) is 0.600. The Morgan fingerprint density at radius 3 is 2.78 bits per heavy atom. The summed E-state index contributed by atoms with van der Waals surface area (Å²) < 4.78 is 0.369. The van der Waals surface area contributed by atoms with Gasteiger partial charge in [0.1, 0.15) is 0 Å². The van der Waals surface area contributed by atoms with Crippen molar-refractivity contribution in [2.45, 2.75) is 32.1 Å². The zero-order valence-electron chi connectivity index (χ0n) is 11.9. The molecular formula is C15H24N2S. The highest BCUT2D eigenvalue weighted by molar-refractivity contribution is 8.00. The molecular weight excluding hydrogens is 240 g/mol. The Balaban J connectivity index is 2.18. The third-order valence-corrected chi connectivity index (χ3v) is 4.71. The molecule has 100 valence electrons. The molecule has 1 heterocycles. The molecule has 0 amide bonds. The first kappa shape index (κ1) is 13.8. The van der Waals surface area contributed by atoms with E-state index in [1.165, 1.54) is 29.1 Å². The van der Waals surface area contributed by atoms with Crippen LogP contribution in [0.1, 0.15) is 25.0 Å². The predicted molar refractivity (Wildman–Crippen MR) is 82.7 cm³/mol. The zero-order valence-corrected chi connectivity index (χ0v) is 12.7. The smallest absolute Gasteiger partial charge is 0.0396 e. The molecule has 2 rings (SSSR count). The van der Waals surface area contributed by atoms with Gasteiger partial charge in [0.25, 0.3) is 0 Å². The molecule has 0 aromatic heterocycles. The Hall–Kier alpha value is -0.670. The molecule has 0 radical (unpaired) electrons. The minimum absolute atomic E-state index is 0.369. The van der Waals surface area contributed by atoms with E-state index < -0.39 is 0 Å². The summed E-state index contributed by atoms with van der Waals surface area (Å²) in [5.41, 5.74) is 4.16. The Bertz CT molecular complexity index is 415. The Morgan fingerprint density at radius 1 is 1.39 bits per heavy atom. The van der Waals surface area contributed by atoms with E-state index in [9.17, 15) is 0 Å². The molecule has 2 nitrogen and oxygen atoms in total. The van der Waals surface area contributed by atoms with E-state index in [4.69, 9.17) is 0 Å². The number of hydrogen-bond donors (Lipinski definition) is 1. The quantitative estimate of drug-likeness (QED) is 0.903. The highest BCUT2D eigenvalue weighted by atomic mass is 32.2. The van der Waals surface area contributed by atoms with Gasteiger partial charge in [-0.05, 0) is 45.0 Å². The second-order valence-corrected chi connectivity index (χ2v) is 7.48. The van der Waals surface area contributed by atoms with Gasteiger partial charge in [-0.1, -0.05) is 12.1 Å². The molecule has 1 aromatic carbocycles. The number of thioether (sulfide) groups is 1. The van der Waals surface area contributed by atoms with Crippen molar-refractivity contribution in [1.29, 1.82) is 0 Å². The van der Waals surface area contributed by atoms with Gasteiger partial charge in [-0.2, -0.15) is 11.8 Å². The lowest BCUT2D eigenvalue weighted by Crippen LogP contribution is -2.43. The summed E-state index contributed by atoms with van der Waals surface area (Å²) in [4.78, 5) is 2.54. The normalized spacial score (nSPS) is 19.0. The summed E-state index contributed by atoms with van der Waals surface area (Å²) in [6, 6.07) is 6.84. The van der Waals surface area contributed by atoms with E-state index in [0.717, 1.165) is 13.1 Å². The highest BCUT2D eigenvalue weighted by Gasteiger charge is 2.27. The minimum Gasteiger partial charge on any atom is -0.369 e. The third-order valence-electron chi connectivity index (χ3n) is 3.41. The van der Waals surface area contributed by atoms with Crippen LogP contribution in [0.2, 0.25) is 0 Å². The molecule has 3 heteroatoms. The summed E-state index contributed by atoms with van der Waals surface area (Å²) in [6.45, 7) is 10.2. The lowest BCUT2D eigenvalue weighted by atomic mass is 10.1. The Kier molecular flexibility index (Phi) is 4.23. The fourth-order valence-electron chi connectivity index (χ4n) is 2.61. The number of anilines is 1. The molecule has 1 N–H and O–H groups in total. The van der Waals surface area contributed by atoms with E-state index in [2.05, 4.69) is 60.9 Å². The van der Waals surface area contributed by atoms with Crippen molar-refractivity contribution in [2.75, 3.05) is 30.8 Å². The molecule has 0 atom stereocenters. The second-order valence-electron chi connectivity index (χ2n) is 5.68. The van der Waals surface area contributed by atoms with Crippen LogP contribution in [0.3, 0.4) is 0 Å². The number of nitrogens with one attached hydrogen (secondary N) is 1. The van der Waals surface area contributed by atoms with Crippen molar-refractivity contribution in [3.05, 3.63) is 29.3 Å². The summed E-state index contributed by atoms with van der Waals surface area (Å²) in [6.07, 6.45) is 0. The Morgan fingerprint density at radius 2 is 2.17 bits per heavy atom. The van der Waals surface area contributed by atoms with Gasteiger partial charge in [-0.15, -0.1) is 0 Å². The summed E-state index contributed by atoms with van der Waals surface area (Å²) >= 11 is 2.08. The summed E-state index contributed by atoms with van der Waals surface area (Å²) in [5.74, 6) is 1.23. The molecule has 0 unspecified atom stereocenters. The standard InChI is InChI=1S/C15H24N2S/c1-12-9-13(10-16-4)5-6-14(12)17-7-8-18-15(2,3)11-17/h5-6,9,16H,7-8,10-11H2,1-4H3. The summed E-state index contributed by atoms with van der Waals surface area (Å²) in [7, 11) is 1.99. The van der Waals surface area contributed by atoms with Crippen LogP contribution in [0.15, 0.2) is 18.2 Å². The van der Waals surface area contributed by atoms with Crippen LogP contribution >= 0.6 is 11.8 Å². The number of rotatable bonds is 3. The highest BCUT2D eigenvalue weighted by Crippen LogP contribution is 2.33. The second kappa shape index (κ2) is 5.54. The van der Waals surface area contributed by atoms with Gasteiger partial charge in [-0.25, -0.2) is 0 Å². The molecule has 0 saturated carbocycles. The minimum atomic E-state index is 0.369. The van der Waals surface area contributed by atoms with Crippen LogP contribution in [-0.2, 0) is 6.54 Å². The Labute approximate surface area is 115 Å². The van der Waals surface area contributed by atoms with Crippen LogP contribution in [0, 0.1) is 6.92 Å². The van der Waals surface area contributed by atoms with Gasteiger partial charge in [0.05, 0.1) is 0 Å². The number of nitrogens with zero attached hydrogens (tertiary/aromatic N) is 1. The van der Waals surface area contributed by atoms with Crippen molar-refractivity contribution in [2.24, 2.45) is 0 Å². The molecule has 1 aliphatic heterocycles. The van der Waals surface area contributed by atoms with Crippen LogP contribution in [-0.4, -0.2) is 30.6 Å².